The number of rotatable bonds is 6. The Hall–Kier alpha value is -2.43. The molecule has 1 aromatic carbocycles. The van der Waals surface area contributed by atoms with E-state index in [1.54, 1.807) is 12.3 Å². The first-order valence-corrected chi connectivity index (χ1v) is 7.72. The van der Waals surface area contributed by atoms with Gasteiger partial charge in [0.25, 0.3) is 0 Å². The highest BCUT2D eigenvalue weighted by molar-refractivity contribution is 5.73. The SMILES string of the molecule is CC(C)(C)c1cccc(OCCNC(=O)NCc2ccco2)c1. The lowest BCUT2D eigenvalue weighted by Crippen LogP contribution is -2.37. The lowest BCUT2D eigenvalue weighted by molar-refractivity contribution is 0.235. The lowest BCUT2D eigenvalue weighted by atomic mass is 9.87. The second-order valence-electron chi connectivity index (χ2n) is 6.32. The Labute approximate surface area is 137 Å². The highest BCUT2D eigenvalue weighted by atomic mass is 16.5. The van der Waals surface area contributed by atoms with Crippen molar-refractivity contribution in [2.45, 2.75) is 32.7 Å². The van der Waals surface area contributed by atoms with Gasteiger partial charge >= 0.3 is 6.03 Å². The van der Waals surface area contributed by atoms with Crippen molar-refractivity contribution in [2.24, 2.45) is 0 Å². The molecule has 0 saturated heterocycles. The Morgan fingerprint density at radius 2 is 2.00 bits per heavy atom. The van der Waals surface area contributed by atoms with Crippen LogP contribution in [0.5, 0.6) is 5.75 Å². The molecular weight excluding hydrogens is 292 g/mol. The van der Waals surface area contributed by atoms with Crippen molar-refractivity contribution >= 4 is 6.03 Å². The Balaban J connectivity index is 1.68. The molecule has 0 spiro atoms. The number of carbonyl (C=O) groups is 1. The summed E-state index contributed by atoms with van der Waals surface area (Å²) in [6.45, 7) is 7.71. The minimum atomic E-state index is -0.242. The molecule has 0 bridgehead atoms. The molecular formula is C18H24N2O3. The number of ether oxygens (including phenoxy) is 1. The average molecular weight is 316 g/mol. The van der Waals surface area contributed by atoms with E-state index in [1.165, 1.54) is 5.56 Å². The van der Waals surface area contributed by atoms with Crippen molar-refractivity contribution in [2.75, 3.05) is 13.2 Å². The molecule has 0 saturated carbocycles. The van der Waals surface area contributed by atoms with Gasteiger partial charge in [0, 0.05) is 0 Å². The van der Waals surface area contributed by atoms with E-state index in [0.717, 1.165) is 11.5 Å². The van der Waals surface area contributed by atoms with Crippen LogP contribution in [0.15, 0.2) is 47.1 Å². The van der Waals surface area contributed by atoms with Gasteiger partial charge in [-0.15, -0.1) is 0 Å². The number of furan rings is 1. The molecule has 2 N–H and O–H groups in total. The molecule has 1 heterocycles. The second-order valence-corrected chi connectivity index (χ2v) is 6.32. The van der Waals surface area contributed by atoms with Crippen LogP contribution in [0.4, 0.5) is 4.79 Å². The van der Waals surface area contributed by atoms with Crippen LogP contribution in [-0.4, -0.2) is 19.2 Å². The van der Waals surface area contributed by atoms with Gasteiger partial charge in [0.05, 0.1) is 19.4 Å². The number of nitrogens with one attached hydrogen (secondary N) is 2. The Morgan fingerprint density at radius 3 is 2.70 bits per heavy atom. The summed E-state index contributed by atoms with van der Waals surface area (Å²) in [5, 5.41) is 5.46. The zero-order valence-electron chi connectivity index (χ0n) is 13.9. The van der Waals surface area contributed by atoms with Crippen LogP contribution in [-0.2, 0) is 12.0 Å². The molecule has 5 heteroatoms. The second kappa shape index (κ2) is 7.72. The zero-order chi connectivity index (χ0) is 16.7. The van der Waals surface area contributed by atoms with Gasteiger partial charge < -0.3 is 19.8 Å². The molecule has 0 atom stereocenters. The summed E-state index contributed by atoms with van der Waals surface area (Å²) in [5.74, 6) is 1.53. The molecule has 0 fully saturated rings. The van der Waals surface area contributed by atoms with Gasteiger partial charge in [0.2, 0.25) is 0 Å². The Kier molecular flexibility index (Phi) is 5.68. The first-order chi connectivity index (χ1) is 10.9. The molecule has 23 heavy (non-hydrogen) atoms. The summed E-state index contributed by atoms with van der Waals surface area (Å²) in [5.41, 5.74) is 1.31. The number of hydrogen-bond donors (Lipinski definition) is 2. The summed E-state index contributed by atoms with van der Waals surface area (Å²) in [7, 11) is 0. The number of benzene rings is 1. The fourth-order valence-electron chi connectivity index (χ4n) is 2.03. The minimum absolute atomic E-state index is 0.0867. The zero-order valence-corrected chi connectivity index (χ0v) is 13.9. The van der Waals surface area contributed by atoms with E-state index in [9.17, 15) is 4.79 Å². The van der Waals surface area contributed by atoms with E-state index < -0.39 is 0 Å². The summed E-state index contributed by atoms with van der Waals surface area (Å²) >= 11 is 0. The first kappa shape index (κ1) is 16.9. The monoisotopic (exact) mass is 316 g/mol. The first-order valence-electron chi connectivity index (χ1n) is 7.72. The maximum absolute atomic E-state index is 11.6. The highest BCUT2D eigenvalue weighted by Gasteiger charge is 2.13. The van der Waals surface area contributed by atoms with Gasteiger partial charge in [-0.3, -0.25) is 0 Å². The fraction of sp³-hybridized carbons (Fsp3) is 0.389. The molecule has 5 nitrogen and oxygen atoms in total. The largest absolute Gasteiger partial charge is 0.492 e. The van der Waals surface area contributed by atoms with Gasteiger partial charge in [-0.2, -0.15) is 0 Å². The van der Waals surface area contributed by atoms with Crippen molar-refractivity contribution < 1.29 is 13.9 Å². The summed E-state index contributed by atoms with van der Waals surface area (Å²) < 4.78 is 10.8. The van der Waals surface area contributed by atoms with Crippen LogP contribution >= 0.6 is 0 Å². The molecule has 124 valence electrons. The van der Waals surface area contributed by atoms with Crippen LogP contribution in [0.25, 0.3) is 0 Å². The maximum Gasteiger partial charge on any atom is 0.315 e. The highest BCUT2D eigenvalue weighted by Crippen LogP contribution is 2.25. The van der Waals surface area contributed by atoms with Crippen molar-refractivity contribution in [3.63, 3.8) is 0 Å². The van der Waals surface area contributed by atoms with E-state index in [0.29, 0.717) is 19.7 Å². The van der Waals surface area contributed by atoms with E-state index in [1.807, 2.05) is 24.3 Å². The van der Waals surface area contributed by atoms with E-state index in [4.69, 9.17) is 9.15 Å². The maximum atomic E-state index is 11.6. The number of urea groups is 1. The van der Waals surface area contributed by atoms with Crippen LogP contribution < -0.4 is 15.4 Å². The van der Waals surface area contributed by atoms with Crippen molar-refractivity contribution in [3.8, 4) is 5.75 Å². The molecule has 2 amide bonds. The predicted octanol–water partition coefficient (Wildman–Crippen LogP) is 3.46. The van der Waals surface area contributed by atoms with Crippen LogP contribution in [0.3, 0.4) is 0 Å². The van der Waals surface area contributed by atoms with E-state index in [2.05, 4.69) is 37.5 Å². The number of hydrogen-bond acceptors (Lipinski definition) is 3. The van der Waals surface area contributed by atoms with Crippen LogP contribution in [0, 0.1) is 0 Å². The number of amides is 2. The standard InChI is InChI=1S/C18H24N2O3/c1-18(2,3)14-6-4-7-15(12-14)23-11-9-19-17(21)20-13-16-8-5-10-22-16/h4-8,10,12H,9,11,13H2,1-3H3,(H2,19,20,21). The molecule has 0 aliphatic rings. The van der Waals surface area contributed by atoms with Crippen molar-refractivity contribution in [3.05, 3.63) is 54.0 Å². The topological polar surface area (TPSA) is 63.5 Å². The third-order valence-electron chi connectivity index (χ3n) is 3.36. The predicted molar refractivity (Wildman–Crippen MR) is 89.6 cm³/mol. The van der Waals surface area contributed by atoms with Crippen LogP contribution in [0.2, 0.25) is 0 Å². The summed E-state index contributed by atoms with van der Waals surface area (Å²) in [6.07, 6.45) is 1.58. The smallest absolute Gasteiger partial charge is 0.315 e. The lowest BCUT2D eigenvalue weighted by Gasteiger charge is -2.19. The summed E-state index contributed by atoms with van der Waals surface area (Å²) in [6, 6.07) is 11.4. The fourth-order valence-corrected chi connectivity index (χ4v) is 2.03. The molecule has 0 radical (unpaired) electrons. The molecule has 2 rings (SSSR count). The van der Waals surface area contributed by atoms with Gasteiger partial charge in [0.1, 0.15) is 18.1 Å². The normalized spacial score (nSPS) is 11.1. The van der Waals surface area contributed by atoms with Gasteiger partial charge in [-0.25, -0.2) is 4.79 Å². The minimum Gasteiger partial charge on any atom is -0.492 e. The molecule has 0 aliphatic carbocycles. The van der Waals surface area contributed by atoms with Gasteiger partial charge in [0.15, 0.2) is 0 Å². The Morgan fingerprint density at radius 1 is 1.17 bits per heavy atom. The quantitative estimate of drug-likeness (QED) is 0.802. The summed E-state index contributed by atoms with van der Waals surface area (Å²) in [4.78, 5) is 11.6. The van der Waals surface area contributed by atoms with Gasteiger partial charge in [-0.05, 0) is 35.2 Å². The molecule has 2 aromatic rings. The average Bonchev–Trinajstić information content (AvgIpc) is 3.02. The van der Waals surface area contributed by atoms with E-state index >= 15 is 0 Å². The number of carbonyl (C=O) groups excluding carboxylic acids is 1. The van der Waals surface area contributed by atoms with Crippen LogP contribution in [0.1, 0.15) is 32.1 Å². The van der Waals surface area contributed by atoms with Crippen molar-refractivity contribution in [1.82, 2.24) is 10.6 Å². The van der Waals surface area contributed by atoms with E-state index in [-0.39, 0.29) is 11.4 Å². The van der Waals surface area contributed by atoms with Gasteiger partial charge in [-0.1, -0.05) is 32.9 Å². The molecule has 1 aromatic heterocycles. The molecule has 0 unspecified atom stereocenters. The third kappa shape index (κ3) is 5.70. The molecule has 0 aliphatic heterocycles. The Bertz CT molecular complexity index is 615. The third-order valence-corrected chi connectivity index (χ3v) is 3.36. The van der Waals surface area contributed by atoms with Crippen molar-refractivity contribution in [1.29, 1.82) is 0 Å².